The van der Waals surface area contributed by atoms with Gasteiger partial charge in [-0.2, -0.15) is 0 Å². The zero-order valence-electron chi connectivity index (χ0n) is 31.7. The maximum Gasteiger partial charge on any atom is 0.0693 e. The van der Waals surface area contributed by atoms with Crippen molar-refractivity contribution in [2.75, 3.05) is 27.2 Å². The van der Waals surface area contributed by atoms with Crippen LogP contribution in [0.25, 0.3) is 0 Å². The van der Waals surface area contributed by atoms with E-state index in [0.29, 0.717) is 24.2 Å². The van der Waals surface area contributed by atoms with Gasteiger partial charge in [0, 0.05) is 36.8 Å². The number of aliphatic hydroxyl groups excluding tert-OH is 2. The summed E-state index contributed by atoms with van der Waals surface area (Å²) in [6.07, 6.45) is 37.6. The van der Waals surface area contributed by atoms with Crippen LogP contribution in [0.15, 0.2) is 11.6 Å². The molecule has 5 nitrogen and oxygen atoms in total. The molecule has 5 heteroatoms. The Kier molecular flexibility index (Phi) is 18.1. The van der Waals surface area contributed by atoms with Crippen LogP contribution in [0.3, 0.4) is 0 Å². The van der Waals surface area contributed by atoms with Crippen LogP contribution in [0.1, 0.15) is 181 Å². The summed E-state index contributed by atoms with van der Waals surface area (Å²) in [5, 5.41) is 20.2. The molecule has 0 aliphatic carbocycles. The van der Waals surface area contributed by atoms with Crippen molar-refractivity contribution in [3.05, 3.63) is 11.6 Å². The zero-order chi connectivity index (χ0) is 33.4. The van der Waals surface area contributed by atoms with Gasteiger partial charge in [-0.05, 0) is 111 Å². The molecule has 0 aromatic heterocycles. The van der Waals surface area contributed by atoms with Gasteiger partial charge < -0.3 is 10.2 Å². The first kappa shape index (κ1) is 39.3. The number of aliphatic hydroxyl groups is 2. The molecule has 3 saturated heterocycles. The number of fused-ring (bicyclic) bond motifs is 1. The van der Waals surface area contributed by atoms with Crippen LogP contribution in [-0.4, -0.2) is 94.5 Å². The largest absolute Gasteiger partial charge is 0.392 e. The first-order valence-electron chi connectivity index (χ1n) is 21.1. The van der Waals surface area contributed by atoms with Crippen LogP contribution in [0.5, 0.6) is 0 Å². The average molecular weight is 658 g/mol. The van der Waals surface area contributed by atoms with E-state index in [-0.39, 0.29) is 12.2 Å². The summed E-state index contributed by atoms with van der Waals surface area (Å²) < 4.78 is 0. The Labute approximate surface area is 292 Å². The molecule has 3 fully saturated rings. The highest BCUT2D eigenvalue weighted by Crippen LogP contribution is 2.35. The first-order valence-corrected chi connectivity index (χ1v) is 21.1. The van der Waals surface area contributed by atoms with Crippen molar-refractivity contribution in [1.29, 1.82) is 0 Å². The van der Waals surface area contributed by atoms with Gasteiger partial charge in [-0.25, -0.2) is 0 Å². The van der Waals surface area contributed by atoms with E-state index in [9.17, 15) is 10.2 Å². The summed E-state index contributed by atoms with van der Waals surface area (Å²) in [5.41, 5.74) is 1.77. The minimum Gasteiger partial charge on any atom is -0.392 e. The van der Waals surface area contributed by atoms with Crippen molar-refractivity contribution < 1.29 is 10.2 Å². The van der Waals surface area contributed by atoms with Gasteiger partial charge in [-0.15, -0.1) is 0 Å². The molecule has 0 aromatic carbocycles. The van der Waals surface area contributed by atoms with Gasteiger partial charge in [0.15, 0.2) is 0 Å². The van der Waals surface area contributed by atoms with Crippen molar-refractivity contribution >= 4 is 0 Å². The van der Waals surface area contributed by atoms with Crippen molar-refractivity contribution in [2.24, 2.45) is 5.92 Å². The Bertz CT molecular complexity index is 865. The molecular weight excluding hydrogens is 578 g/mol. The van der Waals surface area contributed by atoms with E-state index in [1.807, 2.05) is 0 Å². The van der Waals surface area contributed by atoms with Crippen molar-refractivity contribution in [2.45, 2.75) is 223 Å². The lowest BCUT2D eigenvalue weighted by Gasteiger charge is -2.41. The van der Waals surface area contributed by atoms with Crippen molar-refractivity contribution in [3.8, 4) is 0 Å². The number of hydrogen-bond acceptors (Lipinski definition) is 5. The zero-order valence-corrected chi connectivity index (χ0v) is 31.7. The normalized spacial score (nSPS) is 32.5. The Morgan fingerprint density at radius 1 is 0.574 bits per heavy atom. The van der Waals surface area contributed by atoms with E-state index in [1.165, 1.54) is 167 Å². The Balaban J connectivity index is 0.975. The highest BCUT2D eigenvalue weighted by Gasteiger charge is 2.34. The lowest BCUT2D eigenvalue weighted by Crippen LogP contribution is -2.49. The molecule has 0 saturated carbocycles. The van der Waals surface area contributed by atoms with Gasteiger partial charge >= 0.3 is 0 Å². The summed E-state index contributed by atoms with van der Waals surface area (Å²) in [6, 6.07) is 2.86. The molecule has 4 aliphatic rings. The molecule has 0 aromatic rings. The molecule has 47 heavy (non-hydrogen) atoms. The molecule has 2 unspecified atom stereocenters. The number of rotatable bonds is 22. The predicted molar refractivity (Wildman–Crippen MR) is 201 cm³/mol. The molecule has 0 bridgehead atoms. The fourth-order valence-corrected chi connectivity index (χ4v) is 9.83. The number of likely N-dealkylation sites (tertiary alicyclic amines) is 2. The van der Waals surface area contributed by atoms with Gasteiger partial charge in [0.2, 0.25) is 0 Å². The third kappa shape index (κ3) is 13.0. The standard InChI is InChI=1S/C42H79N3O2/c1-34-41(46)29-27-38(43(34)3)24-19-15-11-7-5-9-13-17-22-36-32-37(40-26-21-31-45(40)33-36)23-18-14-10-6-8-12-16-20-25-39-28-30-42(47)35(2)44(39)4/h32,34-35,37-42,46-47H,5-31,33H2,1-4H3/t34-,35-,37?,38+,39+,40?,41-,42-/m0/s1. The van der Waals surface area contributed by atoms with Crippen LogP contribution in [0.4, 0.5) is 0 Å². The number of nitrogens with zero attached hydrogens (tertiary/aromatic N) is 3. The number of unbranched alkanes of at least 4 members (excludes halogenated alkanes) is 14. The fourth-order valence-electron chi connectivity index (χ4n) is 9.83. The summed E-state index contributed by atoms with van der Waals surface area (Å²) in [4.78, 5) is 7.71. The molecule has 4 heterocycles. The van der Waals surface area contributed by atoms with E-state index >= 15 is 0 Å². The SMILES string of the molecule is C[C@H]1[C@@H](O)CC[C@@H](CCCCCCCCCCC2=CC(CCCCCCCCCC[C@@H]3CC[C@H](O)[C@H](C)N3C)C3CCCN3C2)N1C. The lowest BCUT2D eigenvalue weighted by molar-refractivity contribution is -0.000792. The topological polar surface area (TPSA) is 50.2 Å². The van der Waals surface area contributed by atoms with E-state index < -0.39 is 0 Å². The highest BCUT2D eigenvalue weighted by molar-refractivity contribution is 5.15. The number of piperidine rings is 2. The number of likely N-dealkylation sites (N-methyl/N-ethyl adjacent to an activating group) is 2. The molecule has 0 amide bonds. The average Bonchev–Trinajstić information content (AvgIpc) is 3.55. The van der Waals surface area contributed by atoms with E-state index in [1.54, 1.807) is 5.57 Å². The maximum atomic E-state index is 10.1. The van der Waals surface area contributed by atoms with Gasteiger partial charge in [0.25, 0.3) is 0 Å². The summed E-state index contributed by atoms with van der Waals surface area (Å²) in [6.45, 7) is 6.98. The van der Waals surface area contributed by atoms with E-state index in [0.717, 1.165) is 24.8 Å². The van der Waals surface area contributed by atoms with Crippen molar-refractivity contribution in [1.82, 2.24) is 14.7 Å². The molecule has 0 radical (unpaired) electrons. The van der Waals surface area contributed by atoms with Crippen LogP contribution >= 0.6 is 0 Å². The lowest BCUT2D eigenvalue weighted by atomic mass is 9.85. The van der Waals surface area contributed by atoms with Crippen LogP contribution < -0.4 is 0 Å². The molecule has 2 N–H and O–H groups in total. The fraction of sp³-hybridized carbons (Fsp3) is 0.952. The van der Waals surface area contributed by atoms with Gasteiger partial charge in [0.1, 0.15) is 0 Å². The summed E-state index contributed by atoms with van der Waals surface area (Å²) >= 11 is 0. The Morgan fingerprint density at radius 3 is 1.53 bits per heavy atom. The van der Waals surface area contributed by atoms with E-state index in [4.69, 9.17) is 0 Å². The third-order valence-electron chi connectivity index (χ3n) is 13.5. The Morgan fingerprint density at radius 2 is 1.02 bits per heavy atom. The second-order valence-electron chi connectivity index (χ2n) is 16.9. The smallest absolute Gasteiger partial charge is 0.0693 e. The van der Waals surface area contributed by atoms with Crippen molar-refractivity contribution in [3.63, 3.8) is 0 Å². The predicted octanol–water partition coefficient (Wildman–Crippen LogP) is 9.50. The van der Waals surface area contributed by atoms with E-state index in [2.05, 4.69) is 48.7 Å². The van der Waals surface area contributed by atoms with Crippen LogP contribution in [0.2, 0.25) is 0 Å². The van der Waals surface area contributed by atoms with Gasteiger partial charge in [-0.3, -0.25) is 14.7 Å². The first-order chi connectivity index (χ1) is 22.8. The second-order valence-corrected chi connectivity index (χ2v) is 16.9. The minimum absolute atomic E-state index is 0.128. The third-order valence-corrected chi connectivity index (χ3v) is 13.5. The maximum absolute atomic E-state index is 10.1. The van der Waals surface area contributed by atoms with Crippen LogP contribution in [-0.2, 0) is 0 Å². The molecule has 274 valence electrons. The summed E-state index contributed by atoms with van der Waals surface area (Å²) in [5.74, 6) is 0.824. The Hall–Kier alpha value is -0.460. The van der Waals surface area contributed by atoms with Crippen LogP contribution in [0, 0.1) is 5.92 Å². The second kappa shape index (κ2) is 21.7. The van der Waals surface area contributed by atoms with Gasteiger partial charge in [0.05, 0.1) is 12.2 Å². The highest BCUT2D eigenvalue weighted by atomic mass is 16.3. The molecule has 8 atom stereocenters. The summed E-state index contributed by atoms with van der Waals surface area (Å²) in [7, 11) is 4.42. The number of hydrogen-bond donors (Lipinski definition) is 2. The molecule has 4 aliphatic heterocycles. The quantitative estimate of drug-likeness (QED) is 0.0897. The monoisotopic (exact) mass is 658 g/mol. The molecule has 4 rings (SSSR count). The van der Waals surface area contributed by atoms with Gasteiger partial charge in [-0.1, -0.05) is 108 Å². The minimum atomic E-state index is -0.128. The molecular formula is C42H79N3O2. The molecule has 0 spiro atoms.